The van der Waals surface area contributed by atoms with E-state index in [1.165, 1.54) is 31.2 Å². The number of rotatable bonds is 4. The highest BCUT2D eigenvalue weighted by molar-refractivity contribution is 6.00. The van der Waals surface area contributed by atoms with Gasteiger partial charge in [0.2, 0.25) is 0 Å². The van der Waals surface area contributed by atoms with Crippen LogP contribution in [0.25, 0.3) is 10.9 Å². The Hall–Kier alpha value is -2.92. The molecule has 2 fully saturated rings. The number of fused-ring (bicyclic) bond motifs is 1. The molecule has 1 aliphatic heterocycles. The van der Waals surface area contributed by atoms with Crippen molar-refractivity contribution in [2.75, 3.05) is 18.4 Å². The van der Waals surface area contributed by atoms with Crippen molar-refractivity contribution in [3.63, 3.8) is 0 Å². The zero-order valence-electron chi connectivity index (χ0n) is 18.8. The van der Waals surface area contributed by atoms with Crippen molar-refractivity contribution in [2.24, 2.45) is 0 Å². The molecule has 5 rings (SSSR count). The third kappa shape index (κ3) is 4.63. The van der Waals surface area contributed by atoms with E-state index in [1.807, 2.05) is 37.3 Å². The van der Waals surface area contributed by atoms with Crippen molar-refractivity contribution in [1.82, 2.24) is 15.2 Å². The van der Waals surface area contributed by atoms with Gasteiger partial charge in [-0.1, -0.05) is 48.5 Å². The minimum Gasteiger partial charge on any atom is -0.334 e. The first-order valence-corrected chi connectivity index (χ1v) is 11.9. The molecule has 0 radical (unpaired) electrons. The summed E-state index contributed by atoms with van der Waals surface area (Å²) in [5.41, 5.74) is 4.11. The van der Waals surface area contributed by atoms with E-state index in [1.54, 1.807) is 0 Å². The Labute approximate surface area is 190 Å². The van der Waals surface area contributed by atoms with Crippen molar-refractivity contribution in [2.45, 2.75) is 57.0 Å². The second-order valence-corrected chi connectivity index (χ2v) is 9.32. The van der Waals surface area contributed by atoms with Crippen LogP contribution in [0.15, 0.2) is 60.7 Å². The molecule has 5 nitrogen and oxygen atoms in total. The van der Waals surface area contributed by atoms with E-state index in [2.05, 4.69) is 50.8 Å². The van der Waals surface area contributed by atoms with Gasteiger partial charge in [0.15, 0.2) is 0 Å². The van der Waals surface area contributed by atoms with Gasteiger partial charge in [-0.05, 0) is 62.6 Å². The number of likely N-dealkylation sites (tertiary alicyclic amines) is 1. The van der Waals surface area contributed by atoms with Crippen LogP contribution in [0, 0.1) is 6.92 Å². The van der Waals surface area contributed by atoms with E-state index in [9.17, 15) is 4.79 Å². The largest absolute Gasteiger partial charge is 0.334 e. The molecule has 2 N–H and O–H groups in total. The van der Waals surface area contributed by atoms with Crippen molar-refractivity contribution in [3.8, 4) is 0 Å². The van der Waals surface area contributed by atoms with Gasteiger partial charge < -0.3 is 10.6 Å². The fraction of sp³-hybridized carbons (Fsp3) is 0.407. The van der Waals surface area contributed by atoms with Gasteiger partial charge in [-0.3, -0.25) is 9.88 Å². The fourth-order valence-electron chi connectivity index (χ4n) is 5.49. The summed E-state index contributed by atoms with van der Waals surface area (Å²) in [5.74, 6) is 0.702. The number of pyridine rings is 1. The molecular weight excluding hydrogens is 396 g/mol. The van der Waals surface area contributed by atoms with Gasteiger partial charge in [-0.15, -0.1) is 0 Å². The number of carbonyl (C=O) groups excluding carboxylic acids is 1. The molecular formula is C27H32N4O. The Balaban J connectivity index is 1.14. The van der Waals surface area contributed by atoms with E-state index in [0.717, 1.165) is 41.8 Å². The van der Waals surface area contributed by atoms with Gasteiger partial charge in [-0.25, -0.2) is 4.79 Å². The number of carbonyl (C=O) groups is 1. The summed E-state index contributed by atoms with van der Waals surface area (Å²) in [6.07, 6.45) is 6.04. The molecule has 2 aliphatic rings. The second kappa shape index (κ2) is 9.29. The number of urea groups is 1. The van der Waals surface area contributed by atoms with E-state index >= 15 is 0 Å². The second-order valence-electron chi connectivity index (χ2n) is 9.32. The molecule has 0 bridgehead atoms. The average molecular weight is 429 g/mol. The first-order chi connectivity index (χ1) is 15.7. The predicted molar refractivity (Wildman–Crippen MR) is 130 cm³/mol. The minimum atomic E-state index is -0.125. The van der Waals surface area contributed by atoms with Crippen LogP contribution in [0.4, 0.5) is 10.5 Å². The molecule has 1 saturated carbocycles. The number of hydrogen-bond acceptors (Lipinski definition) is 3. The highest BCUT2D eigenvalue weighted by atomic mass is 16.2. The summed E-state index contributed by atoms with van der Waals surface area (Å²) in [4.78, 5) is 19.9. The van der Waals surface area contributed by atoms with E-state index in [-0.39, 0.29) is 12.1 Å². The van der Waals surface area contributed by atoms with Crippen molar-refractivity contribution >= 4 is 22.6 Å². The summed E-state index contributed by atoms with van der Waals surface area (Å²) in [6.45, 7) is 3.98. The minimum absolute atomic E-state index is 0.125. The van der Waals surface area contributed by atoms with Crippen LogP contribution in [0.5, 0.6) is 0 Å². The number of nitrogens with zero attached hydrogens (tertiary/aromatic N) is 2. The lowest BCUT2D eigenvalue weighted by atomic mass is 9.81. The molecule has 32 heavy (non-hydrogen) atoms. The normalized spacial score (nSPS) is 23.8. The van der Waals surface area contributed by atoms with Crippen LogP contribution < -0.4 is 10.6 Å². The molecule has 1 saturated heterocycles. The number of amides is 2. The van der Waals surface area contributed by atoms with Gasteiger partial charge >= 0.3 is 6.03 Å². The topological polar surface area (TPSA) is 57.3 Å². The van der Waals surface area contributed by atoms with Crippen LogP contribution in [-0.4, -0.2) is 41.1 Å². The molecule has 1 aliphatic carbocycles. The van der Waals surface area contributed by atoms with Crippen LogP contribution in [-0.2, 0) is 0 Å². The van der Waals surface area contributed by atoms with Crippen molar-refractivity contribution in [1.29, 1.82) is 0 Å². The lowest BCUT2D eigenvalue weighted by Crippen LogP contribution is -2.42. The maximum Gasteiger partial charge on any atom is 0.319 e. The molecule has 2 amide bonds. The quantitative estimate of drug-likeness (QED) is 0.580. The number of aryl methyl sites for hydroxylation is 1. The molecule has 3 aromatic rings. The third-order valence-electron chi connectivity index (χ3n) is 7.13. The molecule has 1 unspecified atom stereocenters. The first-order valence-electron chi connectivity index (χ1n) is 11.9. The van der Waals surface area contributed by atoms with Crippen LogP contribution >= 0.6 is 0 Å². The Kier molecular flexibility index (Phi) is 6.08. The van der Waals surface area contributed by atoms with Gasteiger partial charge in [-0.2, -0.15) is 0 Å². The zero-order chi connectivity index (χ0) is 21.9. The lowest BCUT2D eigenvalue weighted by Gasteiger charge is -2.35. The van der Waals surface area contributed by atoms with E-state index < -0.39 is 0 Å². The number of anilines is 1. The Morgan fingerprint density at radius 3 is 2.53 bits per heavy atom. The van der Waals surface area contributed by atoms with Gasteiger partial charge in [0.05, 0.1) is 11.2 Å². The Bertz CT molecular complexity index is 1080. The Morgan fingerprint density at radius 1 is 0.969 bits per heavy atom. The summed E-state index contributed by atoms with van der Waals surface area (Å²) in [5, 5.41) is 7.23. The monoisotopic (exact) mass is 428 g/mol. The number of nitrogens with one attached hydrogen (secondary N) is 2. The first kappa shape index (κ1) is 21.0. The average Bonchev–Trinajstić information content (AvgIpc) is 3.28. The molecule has 2 aromatic carbocycles. The number of benzene rings is 2. The molecule has 2 heterocycles. The van der Waals surface area contributed by atoms with Crippen LogP contribution in [0.1, 0.15) is 49.3 Å². The summed E-state index contributed by atoms with van der Waals surface area (Å²) in [6, 6.07) is 21.5. The maximum atomic E-state index is 12.7. The number of para-hydroxylation sites is 1. The molecule has 166 valence electrons. The smallest absolute Gasteiger partial charge is 0.319 e. The van der Waals surface area contributed by atoms with Crippen molar-refractivity contribution in [3.05, 3.63) is 71.9 Å². The summed E-state index contributed by atoms with van der Waals surface area (Å²) in [7, 11) is 0. The standard InChI is InChI=1S/C27H32N4O/c1-19-17-26(24-9-5-6-10-25(24)28-19)30-27(32)29-22-15-16-31(18-22)23-13-11-21(12-14-23)20-7-3-2-4-8-20/h2-10,17,21-23H,11-16,18H2,1H3,(H2,28,29,30,32). The predicted octanol–water partition coefficient (Wildman–Crippen LogP) is 5.47. The highest BCUT2D eigenvalue weighted by Gasteiger charge is 2.32. The fourth-order valence-corrected chi connectivity index (χ4v) is 5.49. The third-order valence-corrected chi connectivity index (χ3v) is 7.13. The lowest BCUT2D eigenvalue weighted by molar-refractivity contribution is 0.178. The SMILES string of the molecule is Cc1cc(NC(=O)NC2CCN(C3CCC(c4ccccc4)CC3)C2)c2ccccc2n1. The van der Waals surface area contributed by atoms with Crippen LogP contribution in [0.2, 0.25) is 0 Å². The molecule has 0 spiro atoms. The van der Waals surface area contributed by atoms with Gasteiger partial charge in [0, 0.05) is 36.3 Å². The van der Waals surface area contributed by atoms with Gasteiger partial charge in [0.1, 0.15) is 0 Å². The number of aromatic nitrogens is 1. The molecule has 1 aromatic heterocycles. The van der Waals surface area contributed by atoms with E-state index in [0.29, 0.717) is 12.0 Å². The van der Waals surface area contributed by atoms with Gasteiger partial charge in [0.25, 0.3) is 0 Å². The molecule has 1 atom stereocenters. The van der Waals surface area contributed by atoms with E-state index in [4.69, 9.17) is 0 Å². The zero-order valence-corrected chi connectivity index (χ0v) is 18.8. The number of hydrogen-bond donors (Lipinski definition) is 2. The van der Waals surface area contributed by atoms with Crippen LogP contribution in [0.3, 0.4) is 0 Å². The maximum absolute atomic E-state index is 12.7. The highest BCUT2D eigenvalue weighted by Crippen LogP contribution is 2.35. The molecule has 5 heteroatoms. The summed E-state index contributed by atoms with van der Waals surface area (Å²) < 4.78 is 0. The Morgan fingerprint density at radius 2 is 1.72 bits per heavy atom. The van der Waals surface area contributed by atoms with Crippen molar-refractivity contribution < 1.29 is 4.79 Å². The summed E-state index contributed by atoms with van der Waals surface area (Å²) >= 11 is 0.